The summed E-state index contributed by atoms with van der Waals surface area (Å²) in [4.78, 5) is 22.0. The first-order valence-corrected chi connectivity index (χ1v) is 10.2. The van der Waals surface area contributed by atoms with E-state index in [1.54, 1.807) is 25.1 Å². The van der Waals surface area contributed by atoms with Crippen LogP contribution in [0, 0.1) is 0 Å². The maximum atomic E-state index is 12.6. The number of hydrogen-bond acceptors (Lipinski definition) is 6. The van der Waals surface area contributed by atoms with E-state index in [0.29, 0.717) is 17.5 Å². The molecule has 1 amide bonds. The van der Waals surface area contributed by atoms with E-state index < -0.39 is 0 Å². The quantitative estimate of drug-likeness (QED) is 0.412. The summed E-state index contributed by atoms with van der Waals surface area (Å²) in [6.07, 6.45) is 2.90. The van der Waals surface area contributed by atoms with Gasteiger partial charge >= 0.3 is 0 Å². The molecule has 0 aliphatic carbocycles. The fourth-order valence-electron chi connectivity index (χ4n) is 2.78. The number of nitrogens with one attached hydrogen (secondary N) is 1. The second kappa shape index (κ2) is 9.28. The minimum absolute atomic E-state index is 0.197. The highest BCUT2D eigenvalue weighted by atomic mass is 32.2. The van der Waals surface area contributed by atoms with Gasteiger partial charge in [-0.15, -0.1) is 11.8 Å². The third kappa shape index (κ3) is 4.69. The third-order valence-electron chi connectivity index (χ3n) is 4.26. The van der Waals surface area contributed by atoms with E-state index in [0.717, 1.165) is 16.2 Å². The molecule has 4 aromatic rings. The minimum Gasteiger partial charge on any atom is -0.480 e. The lowest BCUT2D eigenvalue weighted by Crippen LogP contribution is -2.12. The first kappa shape index (κ1) is 19.7. The second-order valence-corrected chi connectivity index (χ2v) is 7.38. The van der Waals surface area contributed by atoms with Crippen molar-refractivity contribution >= 4 is 23.4 Å². The minimum atomic E-state index is -0.369. The molecule has 7 heteroatoms. The van der Waals surface area contributed by atoms with Crippen molar-refractivity contribution in [1.82, 2.24) is 9.97 Å². The van der Waals surface area contributed by atoms with Crippen molar-refractivity contribution in [3.63, 3.8) is 0 Å². The van der Waals surface area contributed by atoms with Crippen molar-refractivity contribution < 1.29 is 13.9 Å². The molecule has 6 nitrogen and oxygen atoms in total. The largest absolute Gasteiger partial charge is 0.480 e. The summed E-state index contributed by atoms with van der Waals surface area (Å²) in [7, 11) is 1.58. The van der Waals surface area contributed by atoms with Gasteiger partial charge in [-0.25, -0.2) is 9.97 Å². The Morgan fingerprint density at radius 1 is 1.10 bits per heavy atom. The molecular weight excluding hydrogens is 398 g/mol. The van der Waals surface area contributed by atoms with E-state index in [1.807, 2.05) is 54.6 Å². The molecule has 0 bridgehead atoms. The number of thioether (sulfide) groups is 1. The number of ether oxygens (including phenoxy) is 1. The second-order valence-electron chi connectivity index (χ2n) is 6.36. The first-order valence-electron chi connectivity index (χ1n) is 9.26. The Morgan fingerprint density at radius 3 is 2.57 bits per heavy atom. The Morgan fingerprint density at radius 2 is 1.83 bits per heavy atom. The van der Waals surface area contributed by atoms with Crippen molar-refractivity contribution in [3.05, 3.63) is 90.4 Å². The maximum absolute atomic E-state index is 12.6. The predicted molar refractivity (Wildman–Crippen MR) is 117 cm³/mol. The molecule has 0 fully saturated rings. The van der Waals surface area contributed by atoms with E-state index in [9.17, 15) is 4.79 Å². The summed E-state index contributed by atoms with van der Waals surface area (Å²) >= 11 is 1.59. The number of rotatable bonds is 7. The number of carbonyl (C=O) groups excluding carboxylic acids is 1. The van der Waals surface area contributed by atoms with Gasteiger partial charge in [-0.05, 0) is 23.8 Å². The molecule has 0 saturated carbocycles. The molecule has 30 heavy (non-hydrogen) atoms. The van der Waals surface area contributed by atoms with E-state index in [1.165, 1.54) is 11.8 Å². The highest BCUT2D eigenvalue weighted by Gasteiger charge is 2.15. The maximum Gasteiger partial charge on any atom is 0.277 e. The zero-order valence-corrected chi connectivity index (χ0v) is 17.1. The summed E-state index contributed by atoms with van der Waals surface area (Å²) in [5, 5.41) is 2.82. The van der Waals surface area contributed by atoms with Gasteiger partial charge < -0.3 is 14.5 Å². The van der Waals surface area contributed by atoms with Crippen LogP contribution in [0.2, 0.25) is 0 Å². The van der Waals surface area contributed by atoms with Gasteiger partial charge in [-0.3, -0.25) is 4.79 Å². The molecule has 2 aromatic heterocycles. The van der Waals surface area contributed by atoms with Crippen molar-refractivity contribution in [2.24, 2.45) is 0 Å². The number of methoxy groups -OCH3 is 1. The SMILES string of the molecule is COc1ncc(NC(=O)c2coc(-c3ccccc3)n2)cc1SCc1ccccc1. The van der Waals surface area contributed by atoms with Crippen LogP contribution in [0.25, 0.3) is 11.5 Å². The van der Waals surface area contributed by atoms with Gasteiger partial charge in [0.15, 0.2) is 5.69 Å². The average molecular weight is 417 g/mol. The number of oxazole rings is 1. The normalized spacial score (nSPS) is 10.6. The van der Waals surface area contributed by atoms with E-state index in [2.05, 4.69) is 27.4 Å². The molecule has 4 rings (SSSR count). The van der Waals surface area contributed by atoms with Crippen molar-refractivity contribution in [2.45, 2.75) is 10.6 Å². The number of nitrogens with zero attached hydrogens (tertiary/aromatic N) is 2. The van der Waals surface area contributed by atoms with Gasteiger partial charge in [0.25, 0.3) is 5.91 Å². The van der Waals surface area contributed by atoms with Gasteiger partial charge in [-0.2, -0.15) is 0 Å². The zero-order valence-electron chi connectivity index (χ0n) is 16.2. The number of hydrogen-bond donors (Lipinski definition) is 1. The van der Waals surface area contributed by atoms with Crippen LogP contribution in [-0.2, 0) is 5.75 Å². The Balaban J connectivity index is 1.47. The molecule has 0 aliphatic rings. The standard InChI is InChI=1S/C23H19N3O3S/c1-28-23-20(30-15-16-8-4-2-5-9-16)12-18(13-24-23)25-21(27)19-14-29-22(26-19)17-10-6-3-7-11-17/h2-14H,15H2,1H3,(H,25,27). The molecule has 0 saturated heterocycles. The highest BCUT2D eigenvalue weighted by Crippen LogP contribution is 2.32. The monoisotopic (exact) mass is 417 g/mol. The summed E-state index contributed by atoms with van der Waals surface area (Å²) in [5.74, 6) is 1.31. The molecule has 150 valence electrons. The molecule has 2 heterocycles. The number of aromatic nitrogens is 2. The van der Waals surface area contributed by atoms with Gasteiger partial charge in [0.05, 0.1) is 23.9 Å². The Bertz CT molecular complexity index is 1130. The number of carbonyl (C=O) groups is 1. The Kier molecular flexibility index (Phi) is 6.10. The molecule has 1 N–H and O–H groups in total. The van der Waals surface area contributed by atoms with Gasteiger partial charge in [-0.1, -0.05) is 48.5 Å². The third-order valence-corrected chi connectivity index (χ3v) is 5.35. The van der Waals surface area contributed by atoms with Gasteiger partial charge in [0, 0.05) is 11.3 Å². The van der Waals surface area contributed by atoms with Crippen LogP contribution in [0.1, 0.15) is 16.1 Å². The highest BCUT2D eigenvalue weighted by molar-refractivity contribution is 7.98. The summed E-state index contributed by atoms with van der Waals surface area (Å²) in [6, 6.07) is 21.4. The summed E-state index contributed by atoms with van der Waals surface area (Å²) in [6.45, 7) is 0. The van der Waals surface area contributed by atoms with E-state index in [-0.39, 0.29) is 11.6 Å². The zero-order chi connectivity index (χ0) is 20.8. The molecule has 0 unspecified atom stereocenters. The summed E-state index contributed by atoms with van der Waals surface area (Å²) < 4.78 is 10.8. The lowest BCUT2D eigenvalue weighted by Gasteiger charge is -2.10. The Hall–Kier alpha value is -3.58. The van der Waals surface area contributed by atoms with Gasteiger partial charge in [0.1, 0.15) is 6.26 Å². The molecule has 0 radical (unpaired) electrons. The molecule has 0 spiro atoms. The number of benzene rings is 2. The van der Waals surface area contributed by atoms with Crippen LogP contribution in [0.4, 0.5) is 5.69 Å². The number of pyridine rings is 1. The van der Waals surface area contributed by atoms with Crippen LogP contribution >= 0.6 is 11.8 Å². The molecule has 0 atom stereocenters. The van der Waals surface area contributed by atoms with Crippen LogP contribution in [-0.4, -0.2) is 23.0 Å². The number of anilines is 1. The molecule has 0 aliphatic heterocycles. The summed E-state index contributed by atoms with van der Waals surface area (Å²) in [5.41, 5.74) is 2.75. The lowest BCUT2D eigenvalue weighted by molar-refractivity contribution is 0.102. The van der Waals surface area contributed by atoms with Gasteiger partial charge in [0.2, 0.25) is 11.8 Å². The number of amides is 1. The van der Waals surface area contributed by atoms with E-state index >= 15 is 0 Å². The van der Waals surface area contributed by atoms with E-state index in [4.69, 9.17) is 9.15 Å². The molecule has 2 aromatic carbocycles. The predicted octanol–water partition coefficient (Wildman–Crippen LogP) is 5.29. The lowest BCUT2D eigenvalue weighted by atomic mass is 10.2. The van der Waals surface area contributed by atoms with Crippen molar-refractivity contribution in [2.75, 3.05) is 12.4 Å². The van der Waals surface area contributed by atoms with Crippen LogP contribution < -0.4 is 10.1 Å². The van der Waals surface area contributed by atoms with Crippen molar-refractivity contribution in [3.8, 4) is 17.3 Å². The fourth-order valence-corrected chi connectivity index (χ4v) is 3.76. The van der Waals surface area contributed by atoms with Crippen LogP contribution in [0.15, 0.2) is 88.5 Å². The Labute approximate surface area is 178 Å². The topological polar surface area (TPSA) is 77.2 Å². The average Bonchev–Trinajstić information content (AvgIpc) is 3.30. The van der Waals surface area contributed by atoms with Crippen LogP contribution in [0.5, 0.6) is 5.88 Å². The van der Waals surface area contributed by atoms with Crippen molar-refractivity contribution in [1.29, 1.82) is 0 Å². The first-order chi connectivity index (χ1) is 14.7. The van der Waals surface area contributed by atoms with Crippen LogP contribution in [0.3, 0.4) is 0 Å². The fraction of sp³-hybridized carbons (Fsp3) is 0.0870. The smallest absolute Gasteiger partial charge is 0.277 e. The molecular formula is C23H19N3O3S.